The average Bonchev–Trinajstić information content (AvgIpc) is 3.40. The number of nitrogens with one attached hydrogen (secondary N) is 1. The Morgan fingerprint density at radius 1 is 1.24 bits per heavy atom. The Kier molecular flexibility index (Phi) is 5.03. The molecule has 154 valence electrons. The van der Waals surface area contributed by atoms with Gasteiger partial charge in [-0.15, -0.1) is 0 Å². The third kappa shape index (κ3) is 3.84. The highest BCUT2D eigenvalue weighted by Crippen LogP contribution is 2.34. The minimum absolute atomic E-state index is 0.0634. The summed E-state index contributed by atoms with van der Waals surface area (Å²) < 4.78 is 34.8. The largest absolute Gasteiger partial charge is 0.442 e. The maximum Gasteiger partial charge on any atom is 0.414 e. The number of cyclic esters (lactones) is 1. The van der Waals surface area contributed by atoms with Gasteiger partial charge in [-0.2, -0.15) is 15.0 Å². The summed E-state index contributed by atoms with van der Waals surface area (Å²) in [5.74, 6) is -1.77. The highest BCUT2D eigenvalue weighted by atomic mass is 19.1. The van der Waals surface area contributed by atoms with Crippen molar-refractivity contribution < 1.29 is 23.1 Å². The third-order valence-electron chi connectivity index (χ3n) is 5.01. The lowest BCUT2D eigenvalue weighted by molar-refractivity contribution is -0.119. The number of hydrogen-bond donors (Lipinski definition) is 1. The molecule has 3 heterocycles. The molecule has 1 unspecified atom stereocenters. The van der Waals surface area contributed by atoms with Gasteiger partial charge in [0.1, 0.15) is 11.8 Å². The van der Waals surface area contributed by atoms with Crippen LogP contribution >= 0.6 is 0 Å². The summed E-state index contributed by atoms with van der Waals surface area (Å²) in [5, 5.41) is 10.7. The number of hydrogen-bond acceptors (Lipinski definition) is 6. The molecule has 0 bridgehead atoms. The predicted molar refractivity (Wildman–Crippen MR) is 98.5 cm³/mol. The van der Waals surface area contributed by atoms with Gasteiger partial charge in [-0.05, 0) is 6.42 Å². The van der Waals surface area contributed by atoms with Crippen LogP contribution in [0.1, 0.15) is 19.4 Å². The summed E-state index contributed by atoms with van der Waals surface area (Å²) >= 11 is 0. The molecule has 11 heteroatoms. The minimum atomic E-state index is -0.757. The van der Waals surface area contributed by atoms with Gasteiger partial charge < -0.3 is 15.0 Å². The van der Waals surface area contributed by atoms with Crippen molar-refractivity contribution in [3.63, 3.8) is 0 Å². The highest BCUT2D eigenvalue weighted by Gasteiger charge is 2.34. The molecule has 2 aliphatic heterocycles. The molecule has 0 aliphatic carbocycles. The summed E-state index contributed by atoms with van der Waals surface area (Å²) in [7, 11) is 0. The van der Waals surface area contributed by atoms with Crippen LogP contribution in [0.15, 0.2) is 24.5 Å². The van der Waals surface area contributed by atoms with Gasteiger partial charge in [0, 0.05) is 32.1 Å². The van der Waals surface area contributed by atoms with E-state index in [1.54, 1.807) is 22.1 Å². The number of carbonyl (C=O) groups excluding carboxylic acids is 2. The molecule has 0 radical (unpaired) electrons. The molecule has 29 heavy (non-hydrogen) atoms. The van der Waals surface area contributed by atoms with Gasteiger partial charge in [0.2, 0.25) is 5.91 Å². The first-order valence-electron chi connectivity index (χ1n) is 9.24. The third-order valence-corrected chi connectivity index (χ3v) is 5.01. The Bertz CT molecular complexity index is 899. The van der Waals surface area contributed by atoms with Crippen LogP contribution in [-0.2, 0) is 9.53 Å². The number of ether oxygens (including phenoxy) is 1. The summed E-state index contributed by atoms with van der Waals surface area (Å²) in [6, 6.07) is 2.19. The lowest BCUT2D eigenvalue weighted by atomic mass is 10.2. The lowest BCUT2D eigenvalue weighted by Gasteiger charge is -2.22. The Labute approximate surface area is 165 Å². The van der Waals surface area contributed by atoms with Gasteiger partial charge in [-0.3, -0.25) is 9.69 Å². The van der Waals surface area contributed by atoms with E-state index in [0.717, 1.165) is 17.0 Å². The highest BCUT2D eigenvalue weighted by molar-refractivity contribution is 5.90. The van der Waals surface area contributed by atoms with Crippen LogP contribution in [0.4, 0.5) is 25.0 Å². The van der Waals surface area contributed by atoms with Crippen LogP contribution in [0.25, 0.3) is 0 Å². The minimum Gasteiger partial charge on any atom is -0.442 e. The molecule has 2 atom stereocenters. The van der Waals surface area contributed by atoms with Crippen LogP contribution in [0.5, 0.6) is 0 Å². The molecule has 1 aromatic heterocycles. The van der Waals surface area contributed by atoms with E-state index in [1.807, 2.05) is 0 Å². The zero-order valence-corrected chi connectivity index (χ0v) is 15.7. The van der Waals surface area contributed by atoms with Gasteiger partial charge in [0.05, 0.1) is 37.2 Å². The number of aromatic nitrogens is 3. The topological polar surface area (TPSA) is 92.6 Å². The zero-order valence-electron chi connectivity index (χ0n) is 15.7. The van der Waals surface area contributed by atoms with E-state index in [2.05, 4.69) is 15.5 Å². The maximum absolute atomic E-state index is 14.8. The first-order valence-corrected chi connectivity index (χ1v) is 9.24. The van der Waals surface area contributed by atoms with E-state index in [4.69, 9.17) is 4.74 Å². The number of amides is 2. The van der Waals surface area contributed by atoms with Crippen molar-refractivity contribution >= 4 is 23.4 Å². The molecule has 0 saturated carbocycles. The lowest BCUT2D eigenvalue weighted by Crippen LogP contribution is -2.33. The molecule has 4 rings (SSSR count). The average molecular weight is 406 g/mol. The quantitative estimate of drug-likeness (QED) is 0.809. The van der Waals surface area contributed by atoms with Crippen molar-refractivity contribution in [2.75, 3.05) is 36.0 Å². The zero-order chi connectivity index (χ0) is 20.5. The number of anilines is 2. The second kappa shape index (κ2) is 7.64. The second-order valence-electron chi connectivity index (χ2n) is 7.05. The molecular formula is C18H20F2N6O3. The first kappa shape index (κ1) is 19.1. The van der Waals surface area contributed by atoms with Crippen molar-refractivity contribution in [1.82, 2.24) is 20.3 Å². The van der Waals surface area contributed by atoms with Gasteiger partial charge in [-0.1, -0.05) is 0 Å². The van der Waals surface area contributed by atoms with Crippen LogP contribution in [0, 0.1) is 11.6 Å². The Hall–Kier alpha value is -3.24. The number of halogens is 2. The smallest absolute Gasteiger partial charge is 0.414 e. The van der Waals surface area contributed by atoms with Crippen molar-refractivity contribution in [1.29, 1.82) is 0 Å². The van der Waals surface area contributed by atoms with E-state index in [9.17, 15) is 18.4 Å². The Morgan fingerprint density at radius 3 is 2.59 bits per heavy atom. The molecule has 2 fully saturated rings. The molecule has 2 amide bonds. The van der Waals surface area contributed by atoms with E-state index in [1.165, 1.54) is 6.92 Å². The van der Waals surface area contributed by atoms with Crippen molar-refractivity contribution in [2.24, 2.45) is 0 Å². The molecule has 2 aliphatic rings. The number of rotatable bonds is 5. The van der Waals surface area contributed by atoms with E-state index in [-0.39, 0.29) is 36.4 Å². The molecule has 1 aromatic carbocycles. The second-order valence-corrected chi connectivity index (χ2v) is 7.05. The number of nitrogens with zero attached hydrogens (tertiary/aromatic N) is 5. The van der Waals surface area contributed by atoms with Crippen molar-refractivity contribution in [3.05, 3.63) is 36.2 Å². The van der Waals surface area contributed by atoms with E-state index in [0.29, 0.717) is 19.5 Å². The summed E-state index contributed by atoms with van der Waals surface area (Å²) in [6.07, 6.45) is 2.49. The Morgan fingerprint density at radius 2 is 1.93 bits per heavy atom. The molecule has 2 aromatic rings. The summed E-state index contributed by atoms with van der Waals surface area (Å²) in [4.78, 5) is 27.4. The molecule has 0 spiro atoms. The van der Waals surface area contributed by atoms with Crippen LogP contribution < -0.4 is 15.1 Å². The monoisotopic (exact) mass is 406 g/mol. The standard InChI is InChI=1S/C18H20F2N6O3/c1-11(27)21-8-14-10-25(18(28)29-14)13-6-15(19)17(16(20)7-13)24-5-2-12(9-24)26-22-3-4-23-26/h3-4,6-7,12,14H,2,5,8-10H2,1H3,(H,21,27)/t12?,14-/m0/s1. The van der Waals surface area contributed by atoms with Crippen LogP contribution in [-0.4, -0.2) is 59.3 Å². The van der Waals surface area contributed by atoms with Gasteiger partial charge in [0.15, 0.2) is 11.6 Å². The summed E-state index contributed by atoms with van der Waals surface area (Å²) in [5.41, 5.74) is -0.0608. The van der Waals surface area contributed by atoms with Crippen LogP contribution in [0.2, 0.25) is 0 Å². The van der Waals surface area contributed by atoms with Gasteiger partial charge >= 0.3 is 6.09 Å². The van der Waals surface area contributed by atoms with Gasteiger partial charge in [0.25, 0.3) is 0 Å². The Balaban J connectivity index is 1.49. The number of carbonyl (C=O) groups is 2. The van der Waals surface area contributed by atoms with E-state index < -0.39 is 23.8 Å². The van der Waals surface area contributed by atoms with Gasteiger partial charge in [-0.25, -0.2) is 13.6 Å². The molecule has 1 N–H and O–H groups in total. The predicted octanol–water partition coefficient (Wildman–Crippen LogP) is 1.47. The molecule has 9 nitrogen and oxygen atoms in total. The maximum atomic E-state index is 14.8. The van der Waals surface area contributed by atoms with Crippen molar-refractivity contribution in [3.8, 4) is 0 Å². The van der Waals surface area contributed by atoms with Crippen LogP contribution in [0.3, 0.4) is 0 Å². The number of benzene rings is 1. The SMILES string of the molecule is CC(=O)NC[C@H]1CN(c2cc(F)c(N3CCC(n4nccn4)C3)c(F)c2)C(=O)O1. The fourth-order valence-corrected chi connectivity index (χ4v) is 3.65. The fourth-order valence-electron chi connectivity index (χ4n) is 3.65. The van der Waals surface area contributed by atoms with Crippen molar-refractivity contribution in [2.45, 2.75) is 25.5 Å². The fraction of sp³-hybridized carbons (Fsp3) is 0.444. The first-order chi connectivity index (χ1) is 13.9. The van der Waals surface area contributed by atoms with E-state index >= 15 is 0 Å². The normalized spacial score (nSPS) is 21.6. The molecular weight excluding hydrogens is 386 g/mol. The molecule has 2 saturated heterocycles. The summed E-state index contributed by atoms with van der Waals surface area (Å²) in [6.45, 7) is 2.42.